The minimum absolute atomic E-state index is 0.587. The molecule has 1 aliphatic carbocycles. The fraction of sp³-hybridized carbons (Fsp3) is 0.435. The van der Waals surface area contributed by atoms with E-state index in [9.17, 15) is 0 Å². The Morgan fingerprint density at radius 3 is 2.78 bits per heavy atom. The number of rotatable bonds is 3. The zero-order chi connectivity index (χ0) is 18.1. The van der Waals surface area contributed by atoms with E-state index in [4.69, 9.17) is 15.0 Å². The molecule has 27 heavy (non-hydrogen) atoms. The highest BCUT2D eigenvalue weighted by molar-refractivity contribution is 5.78. The number of fused-ring (bicyclic) bond motifs is 2. The second-order valence-corrected chi connectivity index (χ2v) is 7.99. The Morgan fingerprint density at radius 1 is 0.963 bits per heavy atom. The van der Waals surface area contributed by atoms with E-state index in [1.807, 2.05) is 0 Å². The van der Waals surface area contributed by atoms with Crippen molar-refractivity contribution in [1.29, 1.82) is 0 Å². The van der Waals surface area contributed by atoms with E-state index in [2.05, 4.69) is 47.5 Å². The van der Waals surface area contributed by atoms with Gasteiger partial charge in [-0.25, -0.2) is 9.97 Å². The molecule has 0 saturated heterocycles. The molecular formula is C23H26N4. The van der Waals surface area contributed by atoms with Crippen LogP contribution in [0.4, 0.5) is 0 Å². The summed E-state index contributed by atoms with van der Waals surface area (Å²) in [5, 5.41) is 1.20. The molecule has 2 aromatic heterocycles. The van der Waals surface area contributed by atoms with E-state index in [1.165, 1.54) is 48.7 Å². The highest BCUT2D eigenvalue weighted by atomic mass is 15.1. The molecule has 0 N–H and O–H groups in total. The Balaban J connectivity index is 1.30. The molecule has 3 aromatic rings. The van der Waals surface area contributed by atoms with Gasteiger partial charge in [0, 0.05) is 54.8 Å². The number of hydrogen-bond donors (Lipinski definition) is 0. The number of hydrogen-bond acceptors (Lipinski definition) is 4. The van der Waals surface area contributed by atoms with Gasteiger partial charge in [-0.05, 0) is 25.0 Å². The standard InChI is InChI=1S/C23H26N4/c1-2-7-18(8-3-1)23-24-14-19-15-27(13-12-22(19)26-23)16-20-11-10-17-6-4-5-9-21(17)25-20/h4-6,9-11,14,18H,1-3,7-8,12-13,15-16H2. The Kier molecular flexibility index (Phi) is 4.58. The molecular weight excluding hydrogens is 332 g/mol. The van der Waals surface area contributed by atoms with Gasteiger partial charge in [0.05, 0.1) is 11.2 Å². The zero-order valence-corrected chi connectivity index (χ0v) is 15.8. The van der Waals surface area contributed by atoms with Crippen LogP contribution in [0.3, 0.4) is 0 Å². The van der Waals surface area contributed by atoms with Crippen molar-refractivity contribution in [2.75, 3.05) is 6.54 Å². The van der Waals surface area contributed by atoms with Gasteiger partial charge in [-0.3, -0.25) is 9.88 Å². The molecule has 1 aromatic carbocycles. The van der Waals surface area contributed by atoms with Crippen molar-refractivity contribution in [3.63, 3.8) is 0 Å². The first kappa shape index (κ1) is 16.8. The molecule has 1 saturated carbocycles. The largest absolute Gasteiger partial charge is 0.293 e. The van der Waals surface area contributed by atoms with Crippen molar-refractivity contribution in [1.82, 2.24) is 19.9 Å². The molecule has 1 fully saturated rings. The summed E-state index contributed by atoms with van der Waals surface area (Å²) in [6.45, 7) is 2.85. The lowest BCUT2D eigenvalue weighted by atomic mass is 9.88. The lowest BCUT2D eigenvalue weighted by molar-refractivity contribution is 0.239. The van der Waals surface area contributed by atoms with Crippen molar-refractivity contribution in [2.45, 2.75) is 57.5 Å². The average Bonchev–Trinajstić information content (AvgIpc) is 2.74. The predicted octanol–water partition coefficient (Wildman–Crippen LogP) is 4.63. The van der Waals surface area contributed by atoms with Crippen LogP contribution in [0.25, 0.3) is 10.9 Å². The van der Waals surface area contributed by atoms with E-state index in [-0.39, 0.29) is 0 Å². The first-order valence-electron chi connectivity index (χ1n) is 10.3. The SMILES string of the molecule is c1ccc2nc(CN3CCc4nc(C5CCCCC5)ncc4C3)ccc2c1. The molecule has 0 atom stereocenters. The Bertz CT molecular complexity index is 946. The minimum atomic E-state index is 0.587. The lowest BCUT2D eigenvalue weighted by Crippen LogP contribution is -2.31. The normalized spacial score (nSPS) is 18.5. The fourth-order valence-corrected chi connectivity index (χ4v) is 4.51. The molecule has 5 rings (SSSR count). The molecule has 0 amide bonds. The van der Waals surface area contributed by atoms with Gasteiger partial charge >= 0.3 is 0 Å². The smallest absolute Gasteiger partial charge is 0.131 e. The summed E-state index contributed by atoms with van der Waals surface area (Å²) >= 11 is 0. The third kappa shape index (κ3) is 3.59. The molecule has 4 heteroatoms. The van der Waals surface area contributed by atoms with Crippen LogP contribution < -0.4 is 0 Å². The van der Waals surface area contributed by atoms with Gasteiger partial charge in [0.15, 0.2) is 0 Å². The fourth-order valence-electron chi connectivity index (χ4n) is 4.51. The van der Waals surface area contributed by atoms with Gasteiger partial charge in [0.25, 0.3) is 0 Å². The van der Waals surface area contributed by atoms with Crippen LogP contribution in [0.15, 0.2) is 42.6 Å². The van der Waals surface area contributed by atoms with Crippen molar-refractivity contribution >= 4 is 10.9 Å². The van der Waals surface area contributed by atoms with E-state index < -0.39 is 0 Å². The molecule has 138 valence electrons. The molecule has 4 nitrogen and oxygen atoms in total. The van der Waals surface area contributed by atoms with Gasteiger partial charge in [-0.15, -0.1) is 0 Å². The predicted molar refractivity (Wildman–Crippen MR) is 107 cm³/mol. The molecule has 2 aliphatic rings. The molecule has 0 unspecified atom stereocenters. The summed E-state index contributed by atoms with van der Waals surface area (Å²) in [6.07, 6.45) is 9.67. The summed E-state index contributed by atoms with van der Waals surface area (Å²) in [4.78, 5) is 17.0. The number of benzene rings is 1. The van der Waals surface area contributed by atoms with Gasteiger partial charge < -0.3 is 0 Å². The average molecular weight is 358 g/mol. The van der Waals surface area contributed by atoms with Crippen LogP contribution >= 0.6 is 0 Å². The quantitative estimate of drug-likeness (QED) is 0.684. The van der Waals surface area contributed by atoms with Crippen LogP contribution in [-0.4, -0.2) is 26.4 Å². The molecule has 0 radical (unpaired) electrons. The van der Waals surface area contributed by atoms with Gasteiger partial charge in [-0.2, -0.15) is 0 Å². The maximum atomic E-state index is 4.97. The number of pyridine rings is 1. The summed E-state index contributed by atoms with van der Waals surface area (Å²) < 4.78 is 0. The van der Waals surface area contributed by atoms with E-state index >= 15 is 0 Å². The summed E-state index contributed by atoms with van der Waals surface area (Å²) in [7, 11) is 0. The van der Waals surface area contributed by atoms with Crippen molar-refractivity contribution in [3.8, 4) is 0 Å². The first-order valence-corrected chi connectivity index (χ1v) is 10.3. The van der Waals surface area contributed by atoms with E-state index in [0.29, 0.717) is 5.92 Å². The highest BCUT2D eigenvalue weighted by Gasteiger charge is 2.22. The van der Waals surface area contributed by atoms with Crippen LogP contribution in [0.1, 0.15) is 60.8 Å². The summed E-state index contributed by atoms with van der Waals surface area (Å²) in [5.41, 5.74) is 4.78. The van der Waals surface area contributed by atoms with Gasteiger partial charge in [0.1, 0.15) is 5.82 Å². The lowest BCUT2D eigenvalue weighted by Gasteiger charge is -2.28. The molecule has 0 spiro atoms. The van der Waals surface area contributed by atoms with E-state index in [0.717, 1.165) is 43.1 Å². The van der Waals surface area contributed by atoms with Crippen LogP contribution in [0.5, 0.6) is 0 Å². The van der Waals surface area contributed by atoms with Crippen LogP contribution in [0.2, 0.25) is 0 Å². The minimum Gasteiger partial charge on any atom is -0.293 e. The maximum absolute atomic E-state index is 4.97. The van der Waals surface area contributed by atoms with E-state index in [1.54, 1.807) is 0 Å². The zero-order valence-electron chi connectivity index (χ0n) is 15.8. The number of aromatic nitrogens is 3. The Morgan fingerprint density at radius 2 is 1.85 bits per heavy atom. The Hall–Kier alpha value is -2.33. The van der Waals surface area contributed by atoms with Crippen LogP contribution in [-0.2, 0) is 19.5 Å². The number of nitrogens with zero attached hydrogens (tertiary/aromatic N) is 4. The second-order valence-electron chi connectivity index (χ2n) is 7.99. The van der Waals surface area contributed by atoms with Gasteiger partial charge in [-0.1, -0.05) is 43.5 Å². The Labute approximate surface area is 160 Å². The first-order chi connectivity index (χ1) is 13.3. The number of para-hydroxylation sites is 1. The molecule has 0 bridgehead atoms. The monoisotopic (exact) mass is 358 g/mol. The van der Waals surface area contributed by atoms with Crippen molar-refractivity contribution in [2.24, 2.45) is 0 Å². The third-order valence-electron chi connectivity index (χ3n) is 6.04. The second kappa shape index (κ2) is 7.35. The van der Waals surface area contributed by atoms with Crippen molar-refractivity contribution in [3.05, 3.63) is 65.4 Å². The summed E-state index contributed by atoms with van der Waals surface area (Å²) in [5.74, 6) is 1.68. The summed E-state index contributed by atoms with van der Waals surface area (Å²) in [6, 6.07) is 12.6. The molecule has 3 heterocycles. The van der Waals surface area contributed by atoms with Gasteiger partial charge in [0.2, 0.25) is 0 Å². The van der Waals surface area contributed by atoms with Crippen LogP contribution in [0, 0.1) is 0 Å². The highest BCUT2D eigenvalue weighted by Crippen LogP contribution is 2.31. The van der Waals surface area contributed by atoms with Crippen molar-refractivity contribution < 1.29 is 0 Å². The molecule has 1 aliphatic heterocycles. The maximum Gasteiger partial charge on any atom is 0.131 e. The topological polar surface area (TPSA) is 41.9 Å². The third-order valence-corrected chi connectivity index (χ3v) is 6.04.